The van der Waals surface area contributed by atoms with Crippen molar-refractivity contribution in [3.8, 4) is 0 Å². The molecule has 1 aromatic rings. The molecule has 0 aromatic heterocycles. The third kappa shape index (κ3) is 3.21. The van der Waals surface area contributed by atoms with E-state index in [1.165, 1.54) is 5.56 Å². The number of rotatable bonds is 4. The highest BCUT2D eigenvalue weighted by molar-refractivity contribution is 5.80. The molecule has 5 nitrogen and oxygen atoms in total. The minimum atomic E-state index is 0.144. The molecule has 3 N–H and O–H groups in total. The number of hydrogen-bond acceptors (Lipinski definition) is 4. The van der Waals surface area contributed by atoms with E-state index >= 15 is 0 Å². The van der Waals surface area contributed by atoms with E-state index in [0.29, 0.717) is 6.42 Å². The molecule has 0 saturated carbocycles. The first-order chi connectivity index (χ1) is 8.81. The summed E-state index contributed by atoms with van der Waals surface area (Å²) in [7, 11) is 0. The van der Waals surface area contributed by atoms with Gasteiger partial charge < -0.3 is 15.7 Å². The lowest BCUT2D eigenvalue weighted by Crippen LogP contribution is -2.40. The molecule has 1 heterocycles. The van der Waals surface area contributed by atoms with Crippen molar-refractivity contribution >= 4 is 5.84 Å². The summed E-state index contributed by atoms with van der Waals surface area (Å²) >= 11 is 0. The summed E-state index contributed by atoms with van der Waals surface area (Å²) in [5, 5.41) is 11.8. The lowest BCUT2D eigenvalue weighted by Gasteiger charge is -2.34. The third-order valence-electron chi connectivity index (χ3n) is 3.20. The monoisotopic (exact) mass is 249 g/mol. The maximum Gasteiger partial charge on any atom is 0.141 e. The van der Waals surface area contributed by atoms with Crippen molar-refractivity contribution in [2.45, 2.75) is 12.5 Å². The molecule has 0 spiro atoms. The Morgan fingerprint density at radius 3 is 2.61 bits per heavy atom. The van der Waals surface area contributed by atoms with Crippen LogP contribution in [0.1, 0.15) is 18.0 Å². The molecule has 5 heteroatoms. The first-order valence-corrected chi connectivity index (χ1v) is 6.14. The van der Waals surface area contributed by atoms with E-state index < -0.39 is 0 Å². The van der Waals surface area contributed by atoms with Crippen LogP contribution in [0, 0.1) is 0 Å². The van der Waals surface area contributed by atoms with Crippen LogP contribution in [0.25, 0.3) is 0 Å². The second kappa shape index (κ2) is 6.37. The van der Waals surface area contributed by atoms with Gasteiger partial charge in [0, 0.05) is 25.6 Å². The number of morpholine rings is 1. The Balaban J connectivity index is 2.16. The third-order valence-corrected chi connectivity index (χ3v) is 3.20. The van der Waals surface area contributed by atoms with E-state index in [-0.39, 0.29) is 11.9 Å². The van der Waals surface area contributed by atoms with Crippen LogP contribution in [0.15, 0.2) is 35.5 Å². The SMILES string of the molecule is N/C(CC(c1ccccc1)N1CCOCC1)=N\O. The Labute approximate surface area is 107 Å². The van der Waals surface area contributed by atoms with Gasteiger partial charge in [0.2, 0.25) is 0 Å². The maximum atomic E-state index is 8.75. The number of nitrogens with zero attached hydrogens (tertiary/aromatic N) is 2. The van der Waals surface area contributed by atoms with E-state index in [1.807, 2.05) is 18.2 Å². The standard InChI is InChI=1S/C13H19N3O2/c14-13(15-17)10-12(11-4-2-1-3-5-11)16-6-8-18-9-7-16/h1-5,12,17H,6-10H2,(H2,14,15). The summed E-state index contributed by atoms with van der Waals surface area (Å²) < 4.78 is 5.36. The van der Waals surface area contributed by atoms with Gasteiger partial charge in [-0.15, -0.1) is 0 Å². The predicted octanol–water partition coefficient (Wildman–Crippen LogP) is 1.20. The maximum absolute atomic E-state index is 8.75. The van der Waals surface area contributed by atoms with Crippen LogP contribution in [0.5, 0.6) is 0 Å². The molecule has 1 atom stereocenters. The number of hydrogen-bond donors (Lipinski definition) is 2. The Bertz CT molecular complexity index is 388. The zero-order valence-corrected chi connectivity index (χ0v) is 10.3. The summed E-state index contributed by atoms with van der Waals surface area (Å²) in [4.78, 5) is 2.32. The topological polar surface area (TPSA) is 71.1 Å². The van der Waals surface area contributed by atoms with Gasteiger partial charge in [0.1, 0.15) is 5.84 Å². The van der Waals surface area contributed by atoms with Crippen LogP contribution < -0.4 is 5.73 Å². The lowest BCUT2D eigenvalue weighted by molar-refractivity contribution is 0.0173. The van der Waals surface area contributed by atoms with Gasteiger partial charge in [-0.2, -0.15) is 0 Å². The van der Waals surface area contributed by atoms with Crippen molar-refractivity contribution in [3.63, 3.8) is 0 Å². The molecule has 18 heavy (non-hydrogen) atoms. The Kier molecular flexibility index (Phi) is 4.55. The minimum absolute atomic E-state index is 0.144. The van der Waals surface area contributed by atoms with Crippen molar-refractivity contribution in [1.82, 2.24) is 4.90 Å². The summed E-state index contributed by atoms with van der Waals surface area (Å²) in [6.07, 6.45) is 0.528. The molecule has 1 aliphatic rings. The van der Waals surface area contributed by atoms with Gasteiger partial charge in [-0.3, -0.25) is 4.90 Å². The molecule has 0 aliphatic carbocycles. The van der Waals surface area contributed by atoms with Gasteiger partial charge >= 0.3 is 0 Å². The number of amidine groups is 1. The van der Waals surface area contributed by atoms with E-state index in [2.05, 4.69) is 22.2 Å². The van der Waals surface area contributed by atoms with Crippen LogP contribution in [0.2, 0.25) is 0 Å². The van der Waals surface area contributed by atoms with Crippen LogP contribution in [-0.4, -0.2) is 42.2 Å². The van der Waals surface area contributed by atoms with Gasteiger partial charge in [0.15, 0.2) is 0 Å². The van der Waals surface area contributed by atoms with Crippen molar-refractivity contribution in [2.24, 2.45) is 10.9 Å². The van der Waals surface area contributed by atoms with Crippen LogP contribution in [0.4, 0.5) is 0 Å². The highest BCUT2D eigenvalue weighted by Gasteiger charge is 2.23. The quantitative estimate of drug-likeness (QED) is 0.364. The van der Waals surface area contributed by atoms with E-state index in [4.69, 9.17) is 15.7 Å². The summed E-state index contributed by atoms with van der Waals surface area (Å²) in [5.41, 5.74) is 6.85. The van der Waals surface area contributed by atoms with Gasteiger partial charge in [-0.25, -0.2) is 0 Å². The van der Waals surface area contributed by atoms with Gasteiger partial charge in [0.25, 0.3) is 0 Å². The van der Waals surface area contributed by atoms with Crippen molar-refractivity contribution in [2.75, 3.05) is 26.3 Å². The van der Waals surface area contributed by atoms with Crippen LogP contribution >= 0.6 is 0 Å². The lowest BCUT2D eigenvalue weighted by atomic mass is 10.0. The Morgan fingerprint density at radius 1 is 1.33 bits per heavy atom. The van der Waals surface area contributed by atoms with Crippen molar-refractivity contribution in [1.29, 1.82) is 0 Å². The number of nitrogens with two attached hydrogens (primary N) is 1. The van der Waals surface area contributed by atoms with Crippen molar-refractivity contribution < 1.29 is 9.94 Å². The van der Waals surface area contributed by atoms with Crippen molar-refractivity contribution in [3.05, 3.63) is 35.9 Å². The average Bonchev–Trinajstić information content (AvgIpc) is 2.46. The number of oxime groups is 1. The minimum Gasteiger partial charge on any atom is -0.409 e. The molecular formula is C13H19N3O2. The van der Waals surface area contributed by atoms with E-state index in [0.717, 1.165) is 26.3 Å². The van der Waals surface area contributed by atoms with E-state index in [9.17, 15) is 0 Å². The second-order valence-electron chi connectivity index (χ2n) is 4.37. The summed E-state index contributed by atoms with van der Waals surface area (Å²) in [6.45, 7) is 3.22. The zero-order valence-electron chi connectivity index (χ0n) is 10.3. The van der Waals surface area contributed by atoms with Crippen LogP contribution in [-0.2, 0) is 4.74 Å². The predicted molar refractivity (Wildman–Crippen MR) is 69.6 cm³/mol. The first kappa shape index (κ1) is 12.9. The fraction of sp³-hybridized carbons (Fsp3) is 0.462. The molecule has 1 aliphatic heterocycles. The molecule has 2 rings (SSSR count). The fourth-order valence-corrected chi connectivity index (χ4v) is 2.26. The van der Waals surface area contributed by atoms with Gasteiger partial charge in [0.05, 0.1) is 13.2 Å². The highest BCUT2D eigenvalue weighted by atomic mass is 16.5. The molecule has 0 bridgehead atoms. The highest BCUT2D eigenvalue weighted by Crippen LogP contribution is 2.24. The fourth-order valence-electron chi connectivity index (χ4n) is 2.26. The number of ether oxygens (including phenoxy) is 1. The molecule has 98 valence electrons. The molecule has 0 amide bonds. The van der Waals surface area contributed by atoms with E-state index in [1.54, 1.807) is 0 Å². The summed E-state index contributed by atoms with van der Waals surface area (Å²) in [5.74, 6) is 0.260. The van der Waals surface area contributed by atoms with Gasteiger partial charge in [-0.1, -0.05) is 35.5 Å². The molecule has 1 fully saturated rings. The normalized spacial score (nSPS) is 19.7. The number of benzene rings is 1. The Morgan fingerprint density at radius 2 is 2.00 bits per heavy atom. The Hall–Kier alpha value is -1.59. The average molecular weight is 249 g/mol. The molecule has 1 unspecified atom stereocenters. The first-order valence-electron chi connectivity index (χ1n) is 6.14. The molecule has 1 aromatic carbocycles. The largest absolute Gasteiger partial charge is 0.409 e. The van der Waals surface area contributed by atoms with Gasteiger partial charge in [-0.05, 0) is 5.56 Å². The zero-order chi connectivity index (χ0) is 12.8. The smallest absolute Gasteiger partial charge is 0.141 e. The second-order valence-corrected chi connectivity index (χ2v) is 4.37. The molecule has 1 saturated heterocycles. The van der Waals surface area contributed by atoms with Crippen LogP contribution in [0.3, 0.4) is 0 Å². The summed E-state index contributed by atoms with van der Waals surface area (Å²) in [6, 6.07) is 10.3. The molecular weight excluding hydrogens is 230 g/mol. The molecule has 0 radical (unpaired) electrons.